The third-order valence-corrected chi connectivity index (χ3v) is 5.25. The molecule has 1 heterocycles. The molecule has 0 saturated heterocycles. The van der Waals surface area contributed by atoms with Crippen LogP contribution in [0.25, 0.3) is 0 Å². The number of hydrogen-bond acceptors (Lipinski definition) is 5. The van der Waals surface area contributed by atoms with E-state index < -0.39 is 14.6 Å². The van der Waals surface area contributed by atoms with E-state index >= 15 is 0 Å². The third-order valence-electron chi connectivity index (χ3n) is 2.31. The van der Waals surface area contributed by atoms with Crippen LogP contribution in [0, 0.1) is 0 Å². The average Bonchev–Trinajstić information content (AvgIpc) is 2.54. The van der Waals surface area contributed by atoms with Crippen molar-refractivity contribution in [1.29, 1.82) is 0 Å². The van der Waals surface area contributed by atoms with Crippen LogP contribution >= 0.6 is 11.3 Å². The summed E-state index contributed by atoms with van der Waals surface area (Å²) in [5.41, 5.74) is 0. The standard InChI is InChI=1S/C9H16N2O2S2/c1-9(2,15(3,12)13)7-10-6-8-11-4-5-14-8/h4-5,10H,6-7H2,1-3H3. The molecule has 0 radical (unpaired) electrons. The molecular formula is C9H16N2O2S2. The molecule has 1 N–H and O–H groups in total. The summed E-state index contributed by atoms with van der Waals surface area (Å²) in [6.45, 7) is 4.50. The van der Waals surface area contributed by atoms with Crippen LogP contribution in [0.5, 0.6) is 0 Å². The van der Waals surface area contributed by atoms with Crippen molar-refractivity contribution in [2.45, 2.75) is 25.1 Å². The van der Waals surface area contributed by atoms with Crippen LogP contribution in [0.4, 0.5) is 0 Å². The fourth-order valence-electron chi connectivity index (χ4n) is 0.942. The molecule has 6 heteroatoms. The van der Waals surface area contributed by atoms with Crippen molar-refractivity contribution in [3.8, 4) is 0 Å². The molecule has 0 aliphatic heterocycles. The van der Waals surface area contributed by atoms with Gasteiger partial charge in [0.15, 0.2) is 9.84 Å². The summed E-state index contributed by atoms with van der Waals surface area (Å²) in [5, 5.41) is 5.98. The van der Waals surface area contributed by atoms with E-state index in [0.717, 1.165) is 5.01 Å². The van der Waals surface area contributed by atoms with Gasteiger partial charge < -0.3 is 5.32 Å². The Balaban J connectivity index is 2.44. The molecule has 4 nitrogen and oxygen atoms in total. The molecule has 0 aromatic carbocycles. The fourth-order valence-corrected chi connectivity index (χ4v) is 1.89. The first-order valence-electron chi connectivity index (χ1n) is 4.61. The molecule has 0 bridgehead atoms. The van der Waals surface area contributed by atoms with Gasteiger partial charge in [0.2, 0.25) is 0 Å². The van der Waals surface area contributed by atoms with Crippen molar-refractivity contribution in [3.63, 3.8) is 0 Å². The van der Waals surface area contributed by atoms with Crippen molar-refractivity contribution in [3.05, 3.63) is 16.6 Å². The van der Waals surface area contributed by atoms with Crippen LogP contribution in [-0.2, 0) is 16.4 Å². The summed E-state index contributed by atoms with van der Waals surface area (Å²) < 4.78 is 22.1. The lowest BCUT2D eigenvalue weighted by molar-refractivity contribution is 0.521. The zero-order chi connectivity index (χ0) is 11.5. The minimum absolute atomic E-state index is 0.436. The first-order chi connectivity index (χ1) is 6.83. The lowest BCUT2D eigenvalue weighted by atomic mass is 10.2. The number of hydrogen-bond donors (Lipinski definition) is 1. The van der Waals surface area contributed by atoms with Gasteiger partial charge in [-0.2, -0.15) is 0 Å². The van der Waals surface area contributed by atoms with E-state index in [1.807, 2.05) is 5.38 Å². The molecule has 0 unspecified atom stereocenters. The lowest BCUT2D eigenvalue weighted by Crippen LogP contribution is -2.41. The van der Waals surface area contributed by atoms with Crippen molar-refractivity contribution < 1.29 is 8.42 Å². The van der Waals surface area contributed by atoms with Crippen LogP contribution < -0.4 is 5.32 Å². The van der Waals surface area contributed by atoms with Gasteiger partial charge in [0.25, 0.3) is 0 Å². The largest absolute Gasteiger partial charge is 0.309 e. The molecule has 0 spiro atoms. The summed E-state index contributed by atoms with van der Waals surface area (Å²) in [6.07, 6.45) is 3.00. The first-order valence-corrected chi connectivity index (χ1v) is 7.39. The molecule has 1 aromatic heterocycles. The summed E-state index contributed by atoms with van der Waals surface area (Å²) in [7, 11) is -3.02. The maximum atomic E-state index is 11.4. The van der Waals surface area contributed by atoms with E-state index in [-0.39, 0.29) is 0 Å². The Hall–Kier alpha value is -0.460. The van der Waals surface area contributed by atoms with Gasteiger partial charge >= 0.3 is 0 Å². The summed E-state index contributed by atoms with van der Waals surface area (Å²) in [5.74, 6) is 0. The Bertz CT molecular complexity index is 396. The zero-order valence-electron chi connectivity index (χ0n) is 9.15. The Morgan fingerprint density at radius 2 is 2.20 bits per heavy atom. The van der Waals surface area contributed by atoms with Gasteiger partial charge in [-0.15, -0.1) is 11.3 Å². The van der Waals surface area contributed by atoms with Gasteiger partial charge in [0.05, 0.1) is 4.75 Å². The predicted octanol–water partition coefficient (Wildman–Crippen LogP) is 1.06. The second kappa shape index (κ2) is 4.59. The maximum Gasteiger partial charge on any atom is 0.153 e. The topological polar surface area (TPSA) is 59.1 Å². The van der Waals surface area contributed by atoms with Crippen molar-refractivity contribution in [2.75, 3.05) is 12.8 Å². The summed E-state index contributed by atoms with van der Waals surface area (Å²) in [4.78, 5) is 4.10. The molecule has 0 aliphatic rings. The van der Waals surface area contributed by atoms with Crippen LogP contribution in [0.2, 0.25) is 0 Å². The minimum Gasteiger partial charge on any atom is -0.309 e. The van der Waals surface area contributed by atoms with E-state index in [9.17, 15) is 8.42 Å². The molecule has 0 aliphatic carbocycles. The van der Waals surface area contributed by atoms with Crippen LogP contribution in [0.15, 0.2) is 11.6 Å². The number of thiazole rings is 1. The maximum absolute atomic E-state index is 11.4. The van der Waals surface area contributed by atoms with Crippen LogP contribution in [0.3, 0.4) is 0 Å². The van der Waals surface area contributed by atoms with Gasteiger partial charge in [0.1, 0.15) is 5.01 Å². The van der Waals surface area contributed by atoms with Gasteiger partial charge in [-0.1, -0.05) is 0 Å². The highest BCUT2D eigenvalue weighted by Gasteiger charge is 2.29. The Morgan fingerprint density at radius 3 is 2.67 bits per heavy atom. The van der Waals surface area contributed by atoms with E-state index in [0.29, 0.717) is 13.1 Å². The fraction of sp³-hybridized carbons (Fsp3) is 0.667. The van der Waals surface area contributed by atoms with Gasteiger partial charge in [-0.3, -0.25) is 0 Å². The van der Waals surface area contributed by atoms with Crippen molar-refractivity contribution in [2.24, 2.45) is 0 Å². The average molecular weight is 248 g/mol. The highest BCUT2D eigenvalue weighted by Crippen LogP contribution is 2.13. The molecule has 86 valence electrons. The van der Waals surface area contributed by atoms with Crippen LogP contribution in [0.1, 0.15) is 18.9 Å². The monoisotopic (exact) mass is 248 g/mol. The smallest absolute Gasteiger partial charge is 0.153 e. The van der Waals surface area contributed by atoms with E-state index in [2.05, 4.69) is 10.3 Å². The molecule has 15 heavy (non-hydrogen) atoms. The Labute approximate surface area is 94.7 Å². The second-order valence-corrected chi connectivity index (χ2v) is 7.69. The Kier molecular flexibility index (Phi) is 3.86. The molecule has 1 rings (SSSR count). The molecule has 0 saturated carbocycles. The summed E-state index contributed by atoms with van der Waals surface area (Å²) >= 11 is 1.56. The number of sulfone groups is 1. The number of nitrogens with zero attached hydrogens (tertiary/aromatic N) is 1. The van der Waals surface area contributed by atoms with Gasteiger partial charge in [0, 0.05) is 30.9 Å². The van der Waals surface area contributed by atoms with E-state index in [1.165, 1.54) is 6.26 Å². The van der Waals surface area contributed by atoms with Crippen molar-refractivity contribution >= 4 is 21.2 Å². The minimum atomic E-state index is -3.02. The number of nitrogens with one attached hydrogen (secondary N) is 1. The van der Waals surface area contributed by atoms with Crippen molar-refractivity contribution in [1.82, 2.24) is 10.3 Å². The van der Waals surface area contributed by atoms with E-state index in [4.69, 9.17) is 0 Å². The predicted molar refractivity (Wildman–Crippen MR) is 62.7 cm³/mol. The lowest BCUT2D eigenvalue weighted by Gasteiger charge is -2.22. The zero-order valence-corrected chi connectivity index (χ0v) is 10.8. The normalized spacial score (nSPS) is 13.0. The molecule has 0 amide bonds. The quantitative estimate of drug-likeness (QED) is 0.846. The molecule has 0 fully saturated rings. The van der Waals surface area contributed by atoms with Gasteiger partial charge in [-0.25, -0.2) is 13.4 Å². The third kappa shape index (κ3) is 3.55. The van der Waals surface area contributed by atoms with Gasteiger partial charge in [-0.05, 0) is 13.8 Å². The summed E-state index contributed by atoms with van der Waals surface area (Å²) in [6, 6.07) is 0. The van der Waals surface area contributed by atoms with E-state index in [1.54, 1.807) is 31.4 Å². The number of aromatic nitrogens is 1. The first kappa shape index (κ1) is 12.6. The highest BCUT2D eigenvalue weighted by molar-refractivity contribution is 7.92. The molecule has 1 aromatic rings. The van der Waals surface area contributed by atoms with Crippen LogP contribution in [-0.4, -0.2) is 30.9 Å². The molecule has 0 atom stereocenters. The molecular weight excluding hydrogens is 232 g/mol. The number of rotatable bonds is 5. The second-order valence-electron chi connectivity index (χ2n) is 4.06. The SMILES string of the molecule is CC(C)(CNCc1nccs1)S(C)(=O)=O. The highest BCUT2D eigenvalue weighted by atomic mass is 32.2. The Morgan fingerprint density at radius 1 is 1.53 bits per heavy atom.